The minimum absolute atomic E-state index is 0.230. The number of nitrogens with zero attached hydrogens (tertiary/aromatic N) is 1. The molecular weight excluding hydrogens is 352 g/mol. The lowest BCUT2D eigenvalue weighted by atomic mass is 10.0. The summed E-state index contributed by atoms with van der Waals surface area (Å²) in [5.74, 6) is 0.230. The molecule has 0 radical (unpaired) electrons. The van der Waals surface area contributed by atoms with Gasteiger partial charge in [-0.3, -0.25) is 4.79 Å². The average Bonchev–Trinajstić information content (AvgIpc) is 2.95. The Morgan fingerprint density at radius 3 is 2.25 bits per heavy atom. The molecule has 1 heterocycles. The van der Waals surface area contributed by atoms with Gasteiger partial charge in [-0.05, 0) is 30.4 Å². The van der Waals surface area contributed by atoms with Gasteiger partial charge in [-0.15, -0.1) is 0 Å². The van der Waals surface area contributed by atoms with Crippen LogP contribution in [0.4, 0.5) is 4.79 Å². The molecule has 1 aliphatic heterocycles. The maximum Gasteiger partial charge on any atom is 0.408 e. The number of benzene rings is 2. The van der Waals surface area contributed by atoms with Gasteiger partial charge < -0.3 is 15.0 Å². The van der Waals surface area contributed by atoms with Crippen LogP contribution in [-0.4, -0.2) is 36.5 Å². The Kier molecular flexibility index (Phi) is 7.47. The zero-order chi connectivity index (χ0) is 19.6. The molecule has 1 N–H and O–H groups in total. The van der Waals surface area contributed by atoms with Crippen molar-refractivity contribution in [2.24, 2.45) is 0 Å². The molecule has 28 heavy (non-hydrogen) atoms. The van der Waals surface area contributed by atoms with E-state index in [1.807, 2.05) is 65.6 Å². The summed E-state index contributed by atoms with van der Waals surface area (Å²) >= 11 is 0. The standard InChI is InChI=1S/C23H28N2O3/c26-21-15-8-3-9-17-25(21)18-10-16-24-23(27)28-22(19-11-4-1-5-12-19)20-13-6-2-7-14-20/h1-2,4-7,11-14,22H,3,8-10,15-18H2,(H,24,27). The predicted octanol–water partition coefficient (Wildman–Crippen LogP) is 4.29. The molecule has 2 aromatic rings. The summed E-state index contributed by atoms with van der Waals surface area (Å²) in [5, 5.41) is 2.82. The van der Waals surface area contributed by atoms with E-state index in [2.05, 4.69) is 5.32 Å². The predicted molar refractivity (Wildman–Crippen MR) is 109 cm³/mol. The van der Waals surface area contributed by atoms with Crippen LogP contribution >= 0.6 is 0 Å². The number of carbonyl (C=O) groups excluding carboxylic acids is 2. The third-order valence-electron chi connectivity index (χ3n) is 4.98. The Labute approximate surface area is 166 Å². The molecule has 148 valence electrons. The molecule has 0 bridgehead atoms. The van der Waals surface area contributed by atoms with Crippen LogP contribution in [0, 0.1) is 0 Å². The molecule has 2 amide bonds. The molecule has 5 heteroatoms. The molecule has 1 saturated heterocycles. The molecule has 0 unspecified atom stereocenters. The van der Waals surface area contributed by atoms with Gasteiger partial charge in [-0.1, -0.05) is 67.1 Å². The van der Waals surface area contributed by atoms with Crippen LogP contribution in [0.3, 0.4) is 0 Å². The number of nitrogens with one attached hydrogen (secondary N) is 1. The molecule has 5 nitrogen and oxygen atoms in total. The van der Waals surface area contributed by atoms with Crippen molar-refractivity contribution in [2.75, 3.05) is 19.6 Å². The number of likely N-dealkylation sites (tertiary alicyclic amines) is 1. The van der Waals surface area contributed by atoms with Gasteiger partial charge in [0.1, 0.15) is 0 Å². The largest absolute Gasteiger partial charge is 0.436 e. The van der Waals surface area contributed by atoms with Crippen molar-refractivity contribution in [3.63, 3.8) is 0 Å². The van der Waals surface area contributed by atoms with Crippen LogP contribution < -0.4 is 5.32 Å². The maximum absolute atomic E-state index is 12.4. The van der Waals surface area contributed by atoms with E-state index >= 15 is 0 Å². The Balaban J connectivity index is 1.51. The highest BCUT2D eigenvalue weighted by Gasteiger charge is 2.19. The minimum Gasteiger partial charge on any atom is -0.436 e. The molecule has 0 saturated carbocycles. The van der Waals surface area contributed by atoms with Crippen LogP contribution in [0.25, 0.3) is 0 Å². The molecule has 0 aliphatic carbocycles. The smallest absolute Gasteiger partial charge is 0.408 e. The normalized spacial score (nSPS) is 14.6. The van der Waals surface area contributed by atoms with E-state index in [0.29, 0.717) is 19.5 Å². The zero-order valence-corrected chi connectivity index (χ0v) is 16.2. The first-order valence-corrected chi connectivity index (χ1v) is 10.1. The SMILES string of the molecule is O=C(NCCCN1CCCCCC1=O)OC(c1ccccc1)c1ccccc1. The summed E-state index contributed by atoms with van der Waals surface area (Å²) in [4.78, 5) is 26.3. The summed E-state index contributed by atoms with van der Waals surface area (Å²) in [6.45, 7) is 1.99. The van der Waals surface area contributed by atoms with E-state index in [-0.39, 0.29) is 5.91 Å². The number of ether oxygens (including phenoxy) is 1. The van der Waals surface area contributed by atoms with E-state index in [1.54, 1.807) is 0 Å². The van der Waals surface area contributed by atoms with Gasteiger partial charge >= 0.3 is 6.09 Å². The van der Waals surface area contributed by atoms with Gasteiger partial charge in [0.25, 0.3) is 0 Å². The van der Waals surface area contributed by atoms with Gasteiger partial charge in [0, 0.05) is 26.1 Å². The van der Waals surface area contributed by atoms with Crippen molar-refractivity contribution in [3.05, 3.63) is 71.8 Å². The Morgan fingerprint density at radius 1 is 0.964 bits per heavy atom. The Morgan fingerprint density at radius 2 is 1.61 bits per heavy atom. The first-order chi connectivity index (χ1) is 13.7. The zero-order valence-electron chi connectivity index (χ0n) is 16.2. The molecule has 0 aromatic heterocycles. The Bertz CT molecular complexity index is 709. The van der Waals surface area contributed by atoms with Crippen molar-refractivity contribution in [3.8, 4) is 0 Å². The highest BCUT2D eigenvalue weighted by molar-refractivity contribution is 5.76. The average molecular weight is 380 g/mol. The van der Waals surface area contributed by atoms with Crippen molar-refractivity contribution in [2.45, 2.75) is 38.2 Å². The molecule has 0 spiro atoms. The topological polar surface area (TPSA) is 58.6 Å². The number of hydrogen-bond donors (Lipinski definition) is 1. The molecular formula is C23H28N2O3. The second-order valence-electron chi connectivity index (χ2n) is 7.08. The quantitative estimate of drug-likeness (QED) is 0.729. The molecule has 0 atom stereocenters. The summed E-state index contributed by atoms with van der Waals surface area (Å²) in [7, 11) is 0. The molecule has 1 fully saturated rings. The second-order valence-corrected chi connectivity index (χ2v) is 7.08. The monoisotopic (exact) mass is 380 g/mol. The highest BCUT2D eigenvalue weighted by Crippen LogP contribution is 2.25. The third-order valence-corrected chi connectivity index (χ3v) is 4.98. The van der Waals surface area contributed by atoms with Crippen molar-refractivity contribution in [1.82, 2.24) is 10.2 Å². The maximum atomic E-state index is 12.4. The summed E-state index contributed by atoms with van der Waals surface area (Å²) in [6, 6.07) is 19.4. The van der Waals surface area contributed by atoms with E-state index in [4.69, 9.17) is 4.74 Å². The summed E-state index contributed by atoms with van der Waals surface area (Å²) in [6.07, 6.45) is 3.65. The molecule has 1 aliphatic rings. The summed E-state index contributed by atoms with van der Waals surface area (Å²) < 4.78 is 5.73. The number of alkyl carbamates (subject to hydrolysis) is 1. The molecule has 2 aromatic carbocycles. The first-order valence-electron chi connectivity index (χ1n) is 10.1. The summed E-state index contributed by atoms with van der Waals surface area (Å²) in [5.41, 5.74) is 1.86. The van der Waals surface area contributed by atoms with E-state index in [0.717, 1.165) is 43.4 Å². The van der Waals surface area contributed by atoms with E-state index < -0.39 is 12.2 Å². The number of amides is 2. The third kappa shape index (κ3) is 5.84. The fourth-order valence-electron chi connectivity index (χ4n) is 3.47. The lowest BCUT2D eigenvalue weighted by Crippen LogP contribution is -2.34. The Hall–Kier alpha value is -2.82. The van der Waals surface area contributed by atoms with Gasteiger partial charge in [0.15, 0.2) is 6.10 Å². The fourth-order valence-corrected chi connectivity index (χ4v) is 3.47. The lowest BCUT2D eigenvalue weighted by Gasteiger charge is -2.21. The van der Waals surface area contributed by atoms with Crippen molar-refractivity contribution in [1.29, 1.82) is 0 Å². The number of rotatable bonds is 7. The van der Waals surface area contributed by atoms with Crippen LogP contribution in [0.1, 0.15) is 49.3 Å². The highest BCUT2D eigenvalue weighted by atomic mass is 16.6. The van der Waals surface area contributed by atoms with Crippen LogP contribution in [-0.2, 0) is 9.53 Å². The van der Waals surface area contributed by atoms with Crippen LogP contribution in [0.5, 0.6) is 0 Å². The fraction of sp³-hybridized carbons (Fsp3) is 0.391. The second kappa shape index (κ2) is 10.5. The van der Waals surface area contributed by atoms with Crippen molar-refractivity contribution >= 4 is 12.0 Å². The van der Waals surface area contributed by atoms with Crippen molar-refractivity contribution < 1.29 is 14.3 Å². The number of carbonyl (C=O) groups is 2. The number of hydrogen-bond acceptors (Lipinski definition) is 3. The van der Waals surface area contributed by atoms with Gasteiger partial charge in [0.05, 0.1) is 0 Å². The van der Waals surface area contributed by atoms with Crippen LogP contribution in [0.2, 0.25) is 0 Å². The minimum atomic E-state index is -0.449. The van der Waals surface area contributed by atoms with Gasteiger partial charge in [0.2, 0.25) is 5.91 Å². The van der Waals surface area contributed by atoms with E-state index in [9.17, 15) is 9.59 Å². The van der Waals surface area contributed by atoms with Gasteiger partial charge in [-0.2, -0.15) is 0 Å². The van der Waals surface area contributed by atoms with E-state index in [1.165, 1.54) is 0 Å². The first kappa shape index (κ1) is 19.9. The molecule has 3 rings (SSSR count). The lowest BCUT2D eigenvalue weighted by molar-refractivity contribution is -0.130. The van der Waals surface area contributed by atoms with Crippen LogP contribution in [0.15, 0.2) is 60.7 Å². The van der Waals surface area contributed by atoms with Gasteiger partial charge in [-0.25, -0.2) is 4.79 Å².